The smallest absolute Gasteiger partial charge is 0.457 e. The molecule has 0 aromatic rings. The van der Waals surface area contributed by atoms with Crippen molar-refractivity contribution in [1.82, 2.24) is 0 Å². The van der Waals surface area contributed by atoms with E-state index in [9.17, 15) is 39.8 Å². The van der Waals surface area contributed by atoms with Gasteiger partial charge < -0.3 is 39.9 Å². The Morgan fingerprint density at radius 1 is 0.470 bits per heavy atom. The molecule has 66 heavy (non-hydrogen) atoms. The summed E-state index contributed by atoms with van der Waals surface area (Å²) in [5.74, 6) is -0.471. The molecule has 1 aliphatic rings. The number of phosphoric ester groups is 1. The molecule has 0 aromatic heterocycles. The number of unbranched alkanes of at least 4 members (excludes halogenated alkanes) is 34. The Hall–Kier alpha value is -0.920. The van der Waals surface area contributed by atoms with E-state index in [4.69, 9.17) is 18.5 Å². The van der Waals surface area contributed by atoms with Crippen LogP contribution in [-0.4, -0.2) is 98.9 Å². The molecule has 0 radical (unpaired) electrons. The molecule has 0 saturated heterocycles. The standard InChI is InChI=1S/C53H103O12P/c1-3-5-7-9-11-13-15-17-19-21-23-24-26-28-30-32-34-36-38-40-42-47(54)64-46(45-63-66(60,61)65-53-51(58)49(56)48(55)50(57)52(53)59)44-62-43-41-39-37-35-33-31-29-27-25-22-20-18-16-14-12-10-8-6-4-2/h20,22,46,48-53,55-59H,3-19,21,23-45H2,1-2H3,(H,60,61)/b22-20-. The largest absolute Gasteiger partial charge is 0.472 e. The maximum Gasteiger partial charge on any atom is 0.472 e. The molecule has 1 fully saturated rings. The monoisotopic (exact) mass is 963 g/mol. The number of carbonyl (C=O) groups excluding carboxylic acids is 1. The van der Waals surface area contributed by atoms with E-state index in [1.54, 1.807) is 0 Å². The first-order valence-corrected chi connectivity index (χ1v) is 29.0. The van der Waals surface area contributed by atoms with Crippen LogP contribution in [0.25, 0.3) is 0 Å². The number of esters is 1. The number of ether oxygens (including phenoxy) is 2. The minimum Gasteiger partial charge on any atom is -0.457 e. The van der Waals surface area contributed by atoms with Gasteiger partial charge in [-0.25, -0.2) is 4.57 Å². The lowest BCUT2D eigenvalue weighted by Crippen LogP contribution is -2.64. The van der Waals surface area contributed by atoms with Crippen LogP contribution >= 0.6 is 7.82 Å². The van der Waals surface area contributed by atoms with Gasteiger partial charge in [-0.1, -0.05) is 225 Å². The molecule has 0 aliphatic heterocycles. The summed E-state index contributed by atoms with van der Waals surface area (Å²) >= 11 is 0. The normalized spacial score (nSPS) is 21.4. The molecule has 6 unspecified atom stereocenters. The molecule has 6 atom stereocenters. The van der Waals surface area contributed by atoms with E-state index in [0.29, 0.717) is 13.0 Å². The molecule has 1 rings (SSSR count). The van der Waals surface area contributed by atoms with Crippen molar-refractivity contribution in [2.24, 2.45) is 0 Å². The minimum atomic E-state index is -5.02. The van der Waals surface area contributed by atoms with E-state index in [0.717, 1.165) is 38.5 Å². The van der Waals surface area contributed by atoms with Crippen LogP contribution in [0.15, 0.2) is 12.2 Å². The van der Waals surface area contributed by atoms with Crippen LogP contribution in [-0.2, 0) is 27.9 Å². The average molecular weight is 963 g/mol. The predicted molar refractivity (Wildman–Crippen MR) is 267 cm³/mol. The van der Waals surface area contributed by atoms with E-state index in [2.05, 4.69) is 26.0 Å². The summed E-state index contributed by atoms with van der Waals surface area (Å²) in [5, 5.41) is 50.4. The number of hydrogen-bond acceptors (Lipinski definition) is 11. The second-order valence-electron chi connectivity index (χ2n) is 19.4. The molecule has 1 saturated carbocycles. The van der Waals surface area contributed by atoms with Crippen molar-refractivity contribution < 1.29 is 58.3 Å². The van der Waals surface area contributed by atoms with Crippen LogP contribution in [0.2, 0.25) is 0 Å². The lowest BCUT2D eigenvalue weighted by atomic mass is 9.85. The fourth-order valence-corrected chi connectivity index (χ4v) is 9.74. The summed E-state index contributed by atoms with van der Waals surface area (Å²) in [6.45, 7) is 4.31. The summed E-state index contributed by atoms with van der Waals surface area (Å²) in [4.78, 5) is 23.3. The zero-order valence-electron chi connectivity index (χ0n) is 42.3. The van der Waals surface area contributed by atoms with Crippen LogP contribution in [0, 0.1) is 0 Å². The Labute approximate surface area is 403 Å². The number of aliphatic hydroxyl groups is 5. The van der Waals surface area contributed by atoms with Gasteiger partial charge in [0.1, 0.15) is 42.7 Å². The van der Waals surface area contributed by atoms with Gasteiger partial charge >= 0.3 is 13.8 Å². The molecule has 0 aromatic carbocycles. The van der Waals surface area contributed by atoms with Gasteiger partial charge in [-0.15, -0.1) is 0 Å². The molecule has 13 heteroatoms. The van der Waals surface area contributed by atoms with Crippen LogP contribution in [0.5, 0.6) is 0 Å². The quantitative estimate of drug-likeness (QED) is 0.0147. The van der Waals surface area contributed by atoms with Crippen LogP contribution in [0.4, 0.5) is 0 Å². The molecule has 0 heterocycles. The highest BCUT2D eigenvalue weighted by molar-refractivity contribution is 7.47. The van der Waals surface area contributed by atoms with Gasteiger partial charge in [0.15, 0.2) is 0 Å². The van der Waals surface area contributed by atoms with Crippen molar-refractivity contribution in [2.45, 2.75) is 301 Å². The summed E-state index contributed by atoms with van der Waals surface area (Å²) in [5.41, 5.74) is 0. The van der Waals surface area contributed by atoms with Crippen molar-refractivity contribution in [3.63, 3.8) is 0 Å². The topological polar surface area (TPSA) is 192 Å². The van der Waals surface area contributed by atoms with Gasteiger partial charge in [0, 0.05) is 13.0 Å². The fraction of sp³-hybridized carbons (Fsp3) is 0.943. The molecule has 0 amide bonds. The van der Waals surface area contributed by atoms with E-state index in [1.807, 2.05) is 0 Å². The summed E-state index contributed by atoms with van der Waals surface area (Å²) in [6, 6.07) is 0. The second kappa shape index (κ2) is 44.1. The third-order valence-electron chi connectivity index (χ3n) is 13.1. The molecule has 0 bridgehead atoms. The van der Waals surface area contributed by atoms with E-state index in [1.165, 1.54) is 193 Å². The van der Waals surface area contributed by atoms with E-state index >= 15 is 0 Å². The van der Waals surface area contributed by atoms with Crippen molar-refractivity contribution in [2.75, 3.05) is 19.8 Å². The van der Waals surface area contributed by atoms with Gasteiger partial charge in [0.25, 0.3) is 0 Å². The van der Waals surface area contributed by atoms with Crippen LogP contribution < -0.4 is 0 Å². The SMILES string of the molecule is CCCCCCCCC/C=C\CCCCCCCCCCOCC(COP(=O)(O)OC1C(O)C(O)C(O)C(O)C1O)OC(=O)CCCCCCCCCCCCCCCCCCCCCC. The van der Waals surface area contributed by atoms with Crippen LogP contribution in [0.1, 0.15) is 258 Å². The van der Waals surface area contributed by atoms with Gasteiger partial charge in [0.05, 0.1) is 13.2 Å². The van der Waals surface area contributed by atoms with Crippen molar-refractivity contribution in [3.8, 4) is 0 Å². The Morgan fingerprint density at radius 2 is 0.803 bits per heavy atom. The van der Waals surface area contributed by atoms with Gasteiger partial charge in [0.2, 0.25) is 0 Å². The number of allylic oxidation sites excluding steroid dienone is 2. The first kappa shape index (κ1) is 63.1. The third-order valence-corrected chi connectivity index (χ3v) is 14.1. The van der Waals surface area contributed by atoms with Gasteiger partial charge in [-0.3, -0.25) is 13.8 Å². The number of phosphoric acid groups is 1. The van der Waals surface area contributed by atoms with E-state index in [-0.39, 0.29) is 13.0 Å². The highest BCUT2D eigenvalue weighted by Crippen LogP contribution is 2.47. The van der Waals surface area contributed by atoms with Crippen molar-refractivity contribution in [1.29, 1.82) is 0 Å². The molecule has 0 spiro atoms. The Balaban J connectivity index is 2.30. The first-order chi connectivity index (χ1) is 32.0. The molecular formula is C53H103O12P. The first-order valence-electron chi connectivity index (χ1n) is 27.5. The maximum atomic E-state index is 12.9. The number of aliphatic hydroxyl groups excluding tert-OH is 5. The average Bonchev–Trinajstić information content (AvgIpc) is 3.30. The van der Waals surface area contributed by atoms with Gasteiger partial charge in [-0.2, -0.15) is 0 Å². The van der Waals surface area contributed by atoms with Crippen LogP contribution in [0.3, 0.4) is 0 Å². The lowest BCUT2D eigenvalue weighted by Gasteiger charge is -2.41. The number of hydrogen-bond donors (Lipinski definition) is 6. The second-order valence-corrected chi connectivity index (χ2v) is 20.8. The Bertz CT molecular complexity index is 1140. The predicted octanol–water partition coefficient (Wildman–Crippen LogP) is 12.7. The highest BCUT2D eigenvalue weighted by atomic mass is 31.2. The lowest BCUT2D eigenvalue weighted by molar-refractivity contribution is -0.220. The van der Waals surface area contributed by atoms with Gasteiger partial charge in [-0.05, 0) is 38.5 Å². The maximum absolute atomic E-state index is 12.9. The fourth-order valence-electron chi connectivity index (χ4n) is 8.77. The summed E-state index contributed by atoms with van der Waals surface area (Å²) in [7, 11) is -5.02. The number of rotatable bonds is 48. The highest BCUT2D eigenvalue weighted by Gasteiger charge is 2.51. The molecule has 392 valence electrons. The molecule has 1 aliphatic carbocycles. The zero-order valence-corrected chi connectivity index (χ0v) is 43.2. The Kier molecular flexibility index (Phi) is 42.1. The molecule has 12 nitrogen and oxygen atoms in total. The molecular weight excluding hydrogens is 860 g/mol. The minimum absolute atomic E-state index is 0.0726. The van der Waals surface area contributed by atoms with E-state index < -0.39 is 63.1 Å². The van der Waals surface area contributed by atoms with Crippen molar-refractivity contribution >= 4 is 13.8 Å². The Morgan fingerprint density at radius 3 is 1.20 bits per heavy atom. The summed E-state index contributed by atoms with van der Waals surface area (Å²) in [6.07, 6.45) is 38.5. The molecule has 6 N–H and O–H groups in total. The third kappa shape index (κ3) is 35.2. The van der Waals surface area contributed by atoms with Crippen molar-refractivity contribution in [3.05, 3.63) is 12.2 Å². The summed E-state index contributed by atoms with van der Waals surface area (Å²) < 4.78 is 34.4. The zero-order chi connectivity index (χ0) is 48.4. The number of carbonyl (C=O) groups is 1.